The number of nitrogens with zero attached hydrogens (tertiary/aromatic N) is 1. The molecule has 1 fully saturated rings. The summed E-state index contributed by atoms with van der Waals surface area (Å²) in [6.07, 6.45) is 0. The molecule has 94 valence electrons. The van der Waals surface area contributed by atoms with Crippen LogP contribution in [0.1, 0.15) is 5.56 Å². The Balaban J connectivity index is 1.90. The van der Waals surface area contributed by atoms with Gasteiger partial charge in [-0.1, -0.05) is 12.1 Å². The van der Waals surface area contributed by atoms with Crippen molar-refractivity contribution in [1.29, 1.82) is 0 Å². The number of ether oxygens (including phenoxy) is 2. The summed E-state index contributed by atoms with van der Waals surface area (Å²) in [6, 6.07) is 8.22. The van der Waals surface area contributed by atoms with Crippen molar-refractivity contribution in [1.82, 2.24) is 4.90 Å². The molecule has 0 radical (unpaired) electrons. The Morgan fingerprint density at radius 2 is 2.12 bits per heavy atom. The molecule has 0 bridgehead atoms. The number of rotatable bonds is 5. The maximum Gasteiger partial charge on any atom is 0.119 e. The van der Waals surface area contributed by atoms with Gasteiger partial charge in [-0.15, -0.1) is 0 Å². The summed E-state index contributed by atoms with van der Waals surface area (Å²) in [6.45, 7) is 5.77. The van der Waals surface area contributed by atoms with Gasteiger partial charge in [-0.25, -0.2) is 0 Å². The minimum atomic E-state index is 0.549. The van der Waals surface area contributed by atoms with Crippen LogP contribution in [0.3, 0.4) is 0 Å². The van der Waals surface area contributed by atoms with Gasteiger partial charge in [0.05, 0.1) is 13.2 Å². The Bertz CT molecular complexity index is 338. The quantitative estimate of drug-likeness (QED) is 0.823. The Morgan fingerprint density at radius 1 is 1.29 bits per heavy atom. The predicted octanol–water partition coefficient (Wildman–Crippen LogP) is 0.856. The molecule has 4 heteroatoms. The Morgan fingerprint density at radius 3 is 2.88 bits per heavy atom. The van der Waals surface area contributed by atoms with Gasteiger partial charge in [0.2, 0.25) is 0 Å². The first-order chi connectivity index (χ1) is 8.38. The maximum absolute atomic E-state index is 5.52. The van der Waals surface area contributed by atoms with E-state index in [-0.39, 0.29) is 0 Å². The molecule has 0 amide bonds. The van der Waals surface area contributed by atoms with E-state index in [4.69, 9.17) is 15.2 Å². The second kappa shape index (κ2) is 6.59. The van der Waals surface area contributed by atoms with Crippen molar-refractivity contribution in [3.05, 3.63) is 29.8 Å². The fourth-order valence-corrected chi connectivity index (χ4v) is 1.93. The lowest BCUT2D eigenvalue weighted by atomic mass is 10.2. The molecule has 0 unspecified atom stereocenters. The highest BCUT2D eigenvalue weighted by Gasteiger charge is 2.10. The average molecular weight is 236 g/mol. The van der Waals surface area contributed by atoms with Crippen LogP contribution in [0.15, 0.2) is 24.3 Å². The monoisotopic (exact) mass is 236 g/mol. The van der Waals surface area contributed by atoms with Crippen molar-refractivity contribution in [3.8, 4) is 5.75 Å². The molecule has 1 aromatic rings. The molecule has 0 aromatic heterocycles. The van der Waals surface area contributed by atoms with Crippen molar-refractivity contribution >= 4 is 0 Å². The molecule has 1 aliphatic heterocycles. The van der Waals surface area contributed by atoms with Gasteiger partial charge in [0.15, 0.2) is 0 Å². The highest BCUT2D eigenvalue weighted by atomic mass is 16.5. The molecule has 1 aromatic carbocycles. The topological polar surface area (TPSA) is 47.7 Å². The lowest BCUT2D eigenvalue weighted by molar-refractivity contribution is 0.0341. The third kappa shape index (κ3) is 4.00. The smallest absolute Gasteiger partial charge is 0.119 e. The molecule has 1 heterocycles. The Kier molecular flexibility index (Phi) is 4.79. The Hall–Kier alpha value is -1.10. The van der Waals surface area contributed by atoms with Crippen LogP contribution >= 0.6 is 0 Å². The van der Waals surface area contributed by atoms with E-state index < -0.39 is 0 Å². The average Bonchev–Trinajstić information content (AvgIpc) is 2.38. The molecule has 2 rings (SSSR count). The normalized spacial score (nSPS) is 17.0. The molecule has 1 saturated heterocycles. The van der Waals surface area contributed by atoms with E-state index in [0.717, 1.165) is 38.6 Å². The van der Waals surface area contributed by atoms with Crippen molar-refractivity contribution in [2.45, 2.75) is 6.54 Å². The number of morpholine rings is 1. The third-order valence-corrected chi connectivity index (χ3v) is 2.79. The van der Waals surface area contributed by atoms with Gasteiger partial charge in [0.1, 0.15) is 12.4 Å². The summed E-state index contributed by atoms with van der Waals surface area (Å²) in [5.41, 5.74) is 6.70. The fraction of sp³-hybridized carbons (Fsp3) is 0.538. The van der Waals surface area contributed by atoms with Gasteiger partial charge >= 0.3 is 0 Å². The van der Waals surface area contributed by atoms with Gasteiger partial charge in [0.25, 0.3) is 0 Å². The first-order valence-corrected chi connectivity index (χ1v) is 6.10. The van der Waals surface area contributed by atoms with Crippen LogP contribution in [0, 0.1) is 0 Å². The van der Waals surface area contributed by atoms with E-state index in [1.165, 1.54) is 5.56 Å². The molecular weight excluding hydrogens is 216 g/mol. The van der Waals surface area contributed by atoms with Crippen molar-refractivity contribution in [2.75, 3.05) is 39.5 Å². The number of benzene rings is 1. The highest BCUT2D eigenvalue weighted by molar-refractivity contribution is 5.28. The van der Waals surface area contributed by atoms with Gasteiger partial charge in [-0.05, 0) is 17.7 Å². The molecule has 17 heavy (non-hydrogen) atoms. The number of hydrogen-bond acceptors (Lipinski definition) is 4. The minimum absolute atomic E-state index is 0.549. The molecule has 0 atom stereocenters. The van der Waals surface area contributed by atoms with E-state index in [1.54, 1.807) is 0 Å². The van der Waals surface area contributed by atoms with Gasteiger partial charge < -0.3 is 15.2 Å². The fourth-order valence-electron chi connectivity index (χ4n) is 1.93. The lowest BCUT2D eigenvalue weighted by Gasteiger charge is -2.26. The second-order valence-electron chi connectivity index (χ2n) is 4.17. The van der Waals surface area contributed by atoms with Crippen molar-refractivity contribution in [3.63, 3.8) is 0 Å². The van der Waals surface area contributed by atoms with Gasteiger partial charge in [-0.2, -0.15) is 0 Å². The summed E-state index contributed by atoms with van der Waals surface area (Å²) in [5.74, 6) is 0.904. The van der Waals surface area contributed by atoms with Crippen LogP contribution in [0.2, 0.25) is 0 Å². The number of nitrogens with two attached hydrogens (primary N) is 1. The Labute approximate surface area is 102 Å². The van der Waals surface area contributed by atoms with E-state index >= 15 is 0 Å². The molecule has 0 spiro atoms. The van der Waals surface area contributed by atoms with Crippen molar-refractivity contribution in [2.24, 2.45) is 5.73 Å². The van der Waals surface area contributed by atoms with E-state index in [1.807, 2.05) is 12.1 Å². The summed E-state index contributed by atoms with van der Waals surface area (Å²) >= 11 is 0. The highest BCUT2D eigenvalue weighted by Crippen LogP contribution is 2.15. The molecule has 4 nitrogen and oxygen atoms in total. The van der Waals surface area contributed by atoms with Crippen LogP contribution < -0.4 is 10.5 Å². The molecule has 1 aliphatic rings. The van der Waals surface area contributed by atoms with Crippen LogP contribution in [-0.4, -0.2) is 44.4 Å². The zero-order valence-corrected chi connectivity index (χ0v) is 10.1. The van der Waals surface area contributed by atoms with Crippen LogP contribution in [0.4, 0.5) is 0 Å². The summed E-state index contributed by atoms with van der Waals surface area (Å²) in [4.78, 5) is 2.39. The zero-order valence-electron chi connectivity index (χ0n) is 10.1. The zero-order chi connectivity index (χ0) is 11.9. The summed E-state index contributed by atoms with van der Waals surface area (Å²) < 4.78 is 10.9. The van der Waals surface area contributed by atoms with Crippen molar-refractivity contribution < 1.29 is 9.47 Å². The van der Waals surface area contributed by atoms with E-state index in [9.17, 15) is 0 Å². The summed E-state index contributed by atoms with van der Waals surface area (Å²) in [7, 11) is 0. The first kappa shape index (κ1) is 12.4. The maximum atomic E-state index is 5.52. The third-order valence-electron chi connectivity index (χ3n) is 2.79. The van der Waals surface area contributed by atoms with E-state index in [2.05, 4.69) is 17.0 Å². The summed E-state index contributed by atoms with van der Waals surface area (Å²) in [5, 5.41) is 0. The predicted molar refractivity (Wildman–Crippen MR) is 67.1 cm³/mol. The van der Waals surface area contributed by atoms with Gasteiger partial charge in [-0.3, -0.25) is 4.90 Å². The molecule has 0 saturated carbocycles. The first-order valence-electron chi connectivity index (χ1n) is 6.10. The van der Waals surface area contributed by atoms with Gasteiger partial charge in [0, 0.05) is 26.2 Å². The molecular formula is C13H20N2O2. The lowest BCUT2D eigenvalue weighted by Crippen LogP contribution is -2.35. The second-order valence-corrected chi connectivity index (χ2v) is 4.17. The molecule has 0 aliphatic carbocycles. The SMILES string of the molecule is NCCOc1cccc(CN2CCOCC2)c1. The molecule has 2 N–H and O–H groups in total. The van der Waals surface area contributed by atoms with Crippen LogP contribution in [-0.2, 0) is 11.3 Å². The van der Waals surface area contributed by atoms with Crippen LogP contribution in [0.5, 0.6) is 5.75 Å². The standard InChI is InChI=1S/C13H20N2O2/c14-4-7-17-13-3-1-2-12(10-13)11-15-5-8-16-9-6-15/h1-3,10H,4-9,11,14H2. The number of hydrogen-bond donors (Lipinski definition) is 1. The van der Waals surface area contributed by atoms with Crippen LogP contribution in [0.25, 0.3) is 0 Å². The largest absolute Gasteiger partial charge is 0.492 e. The minimum Gasteiger partial charge on any atom is -0.492 e. The van der Waals surface area contributed by atoms with E-state index in [0.29, 0.717) is 13.2 Å².